The molecule has 1 saturated heterocycles. The SMILES string of the molecule is CCOC(=O)c1ncc(Oc2ccc(C(C)(C)c3ccc(O[C@H]4C[C@H](Nc5ccc6c(c5)C(=O)N(C5CCC(=O)NC5=O)C6=O)C4)cc3)cc2)cn1. The first-order valence-electron chi connectivity index (χ1n) is 17.2. The Morgan fingerprint density at radius 3 is 2.13 bits per heavy atom. The molecule has 4 amide bonds. The van der Waals surface area contributed by atoms with E-state index >= 15 is 0 Å². The fourth-order valence-electron chi connectivity index (χ4n) is 6.63. The first kappa shape index (κ1) is 34.3. The van der Waals surface area contributed by atoms with E-state index < -0.39 is 35.6 Å². The van der Waals surface area contributed by atoms with E-state index in [0.29, 0.717) is 17.2 Å². The third-order valence-electron chi connectivity index (χ3n) is 9.68. The van der Waals surface area contributed by atoms with E-state index in [1.54, 1.807) is 25.1 Å². The third kappa shape index (κ3) is 6.81. The van der Waals surface area contributed by atoms with E-state index in [1.165, 1.54) is 12.4 Å². The zero-order chi connectivity index (χ0) is 36.6. The molecule has 0 bridgehead atoms. The maximum Gasteiger partial charge on any atom is 0.376 e. The quantitative estimate of drug-likeness (QED) is 0.156. The molecule has 52 heavy (non-hydrogen) atoms. The summed E-state index contributed by atoms with van der Waals surface area (Å²) in [5.74, 6) is -0.903. The summed E-state index contributed by atoms with van der Waals surface area (Å²) in [4.78, 5) is 70.8. The van der Waals surface area contributed by atoms with Gasteiger partial charge in [0.05, 0.1) is 30.1 Å². The molecule has 3 aromatic carbocycles. The molecule has 1 saturated carbocycles. The van der Waals surface area contributed by atoms with E-state index in [4.69, 9.17) is 14.2 Å². The number of esters is 1. The number of hydrogen-bond acceptors (Lipinski definition) is 11. The van der Waals surface area contributed by atoms with Gasteiger partial charge >= 0.3 is 5.97 Å². The molecule has 2 aliphatic heterocycles. The maximum absolute atomic E-state index is 13.2. The van der Waals surface area contributed by atoms with Crippen molar-refractivity contribution in [2.24, 2.45) is 0 Å². The first-order chi connectivity index (χ1) is 25.0. The highest BCUT2D eigenvalue weighted by atomic mass is 16.5. The van der Waals surface area contributed by atoms with Crippen molar-refractivity contribution in [2.75, 3.05) is 11.9 Å². The Labute approximate surface area is 299 Å². The van der Waals surface area contributed by atoms with Crippen LogP contribution in [0.4, 0.5) is 5.69 Å². The van der Waals surface area contributed by atoms with Crippen LogP contribution < -0.4 is 20.1 Å². The van der Waals surface area contributed by atoms with E-state index in [2.05, 4.69) is 46.6 Å². The number of rotatable bonds is 11. The second-order valence-electron chi connectivity index (χ2n) is 13.5. The van der Waals surface area contributed by atoms with Crippen LogP contribution in [-0.2, 0) is 19.7 Å². The largest absolute Gasteiger partial charge is 0.490 e. The maximum atomic E-state index is 13.2. The van der Waals surface area contributed by atoms with Crippen LogP contribution in [0.15, 0.2) is 79.1 Å². The van der Waals surface area contributed by atoms with Gasteiger partial charge < -0.3 is 19.5 Å². The topological polar surface area (TPSA) is 166 Å². The minimum atomic E-state index is -0.994. The lowest BCUT2D eigenvalue weighted by Gasteiger charge is -2.36. The molecule has 1 aliphatic carbocycles. The van der Waals surface area contributed by atoms with Gasteiger partial charge in [0.2, 0.25) is 17.6 Å². The van der Waals surface area contributed by atoms with Gasteiger partial charge in [0.1, 0.15) is 23.6 Å². The van der Waals surface area contributed by atoms with Crippen LogP contribution in [0.25, 0.3) is 0 Å². The van der Waals surface area contributed by atoms with Crippen molar-refractivity contribution in [2.45, 2.75) is 70.1 Å². The molecular formula is C39H37N5O8. The highest BCUT2D eigenvalue weighted by Crippen LogP contribution is 2.36. The molecule has 1 atom stereocenters. The lowest BCUT2D eigenvalue weighted by molar-refractivity contribution is -0.136. The molecule has 1 aromatic heterocycles. The molecule has 4 aromatic rings. The molecule has 7 rings (SSSR count). The van der Waals surface area contributed by atoms with Crippen LogP contribution >= 0.6 is 0 Å². The molecule has 13 heteroatoms. The second kappa shape index (κ2) is 13.9. The molecule has 0 radical (unpaired) electrons. The van der Waals surface area contributed by atoms with E-state index in [0.717, 1.165) is 34.6 Å². The van der Waals surface area contributed by atoms with E-state index in [-0.39, 0.29) is 54.0 Å². The number of amides is 4. The van der Waals surface area contributed by atoms with Crippen LogP contribution in [-0.4, -0.2) is 69.3 Å². The number of hydrogen-bond donors (Lipinski definition) is 2. The lowest BCUT2D eigenvalue weighted by atomic mass is 9.78. The summed E-state index contributed by atoms with van der Waals surface area (Å²) >= 11 is 0. The molecule has 0 spiro atoms. The minimum Gasteiger partial charge on any atom is -0.490 e. The van der Waals surface area contributed by atoms with Crippen LogP contribution in [0.3, 0.4) is 0 Å². The Hall–Kier alpha value is -6.11. The molecular weight excluding hydrogens is 666 g/mol. The second-order valence-corrected chi connectivity index (χ2v) is 13.5. The van der Waals surface area contributed by atoms with Gasteiger partial charge in [-0.15, -0.1) is 0 Å². The highest BCUT2D eigenvalue weighted by Gasteiger charge is 2.45. The van der Waals surface area contributed by atoms with Gasteiger partial charge in [0, 0.05) is 36.4 Å². The number of benzene rings is 3. The molecule has 3 aliphatic rings. The number of aromatic nitrogens is 2. The number of carbonyl (C=O) groups is 5. The summed E-state index contributed by atoms with van der Waals surface area (Å²) < 4.78 is 17.0. The van der Waals surface area contributed by atoms with Gasteiger partial charge in [-0.1, -0.05) is 38.1 Å². The number of piperidine rings is 1. The number of carbonyl (C=O) groups excluding carboxylic acids is 5. The van der Waals surface area contributed by atoms with E-state index in [1.807, 2.05) is 36.4 Å². The monoisotopic (exact) mass is 703 g/mol. The molecule has 2 N–H and O–H groups in total. The molecule has 1 unspecified atom stereocenters. The number of imide groups is 2. The zero-order valence-corrected chi connectivity index (χ0v) is 28.9. The summed E-state index contributed by atoms with van der Waals surface area (Å²) in [7, 11) is 0. The number of nitrogens with zero attached hydrogens (tertiary/aromatic N) is 3. The number of ether oxygens (including phenoxy) is 3. The molecule has 2 fully saturated rings. The normalized spacial score (nSPS) is 19.8. The van der Waals surface area contributed by atoms with Crippen molar-refractivity contribution in [1.82, 2.24) is 20.2 Å². The summed E-state index contributed by atoms with van der Waals surface area (Å²) in [5.41, 5.74) is 3.11. The van der Waals surface area contributed by atoms with Crippen LogP contribution in [0.1, 0.15) is 88.9 Å². The Kier molecular flexibility index (Phi) is 9.18. The highest BCUT2D eigenvalue weighted by molar-refractivity contribution is 6.23. The van der Waals surface area contributed by atoms with Crippen molar-refractivity contribution in [3.8, 4) is 17.2 Å². The standard InChI is InChI=1S/C39H37N5O8/c1-4-50-38(49)34-40-20-29(21-41-34)52-27-12-7-23(8-13-27)39(2,3)22-5-10-26(11-6-22)51-28-17-25(18-28)42-24-9-14-30-31(19-24)37(48)44(36(30)47)32-15-16-33(45)43-35(32)46/h5-14,19-21,25,28,32,42H,4,15-18H2,1-3H3,(H,43,45,46)/t25-,28-,32?. The van der Waals surface area contributed by atoms with Gasteiger partial charge in [-0.05, 0) is 66.9 Å². The van der Waals surface area contributed by atoms with Gasteiger partial charge in [-0.2, -0.15) is 0 Å². The fourth-order valence-corrected chi connectivity index (χ4v) is 6.63. The van der Waals surface area contributed by atoms with Gasteiger partial charge in [-0.3, -0.25) is 29.4 Å². The fraction of sp³-hybridized carbons (Fsp3) is 0.308. The Morgan fingerprint density at radius 2 is 1.50 bits per heavy atom. The summed E-state index contributed by atoms with van der Waals surface area (Å²) in [6, 6.07) is 20.0. The van der Waals surface area contributed by atoms with Crippen molar-refractivity contribution in [1.29, 1.82) is 0 Å². The number of nitrogens with one attached hydrogen (secondary N) is 2. The Bertz CT molecular complexity index is 2040. The first-order valence-corrected chi connectivity index (χ1v) is 17.2. The van der Waals surface area contributed by atoms with Gasteiger partial charge in [-0.25, -0.2) is 14.8 Å². The van der Waals surface area contributed by atoms with Crippen molar-refractivity contribution >= 4 is 35.3 Å². The predicted molar refractivity (Wildman–Crippen MR) is 187 cm³/mol. The van der Waals surface area contributed by atoms with Gasteiger partial charge in [0.25, 0.3) is 11.8 Å². The average Bonchev–Trinajstić information content (AvgIpc) is 3.36. The van der Waals surface area contributed by atoms with Crippen molar-refractivity contribution in [3.63, 3.8) is 0 Å². The third-order valence-corrected chi connectivity index (χ3v) is 9.68. The lowest BCUT2D eigenvalue weighted by Crippen LogP contribution is -2.54. The predicted octanol–water partition coefficient (Wildman–Crippen LogP) is 5.19. The Morgan fingerprint density at radius 1 is 0.865 bits per heavy atom. The number of fused-ring (bicyclic) bond motifs is 1. The van der Waals surface area contributed by atoms with Crippen LogP contribution in [0, 0.1) is 0 Å². The molecule has 266 valence electrons. The smallest absolute Gasteiger partial charge is 0.376 e. The summed E-state index contributed by atoms with van der Waals surface area (Å²) in [6.45, 7) is 6.26. The zero-order valence-electron chi connectivity index (χ0n) is 28.9. The molecule has 13 nitrogen and oxygen atoms in total. The van der Waals surface area contributed by atoms with Crippen molar-refractivity contribution < 1.29 is 38.2 Å². The van der Waals surface area contributed by atoms with Gasteiger partial charge in [0.15, 0.2) is 5.75 Å². The average molecular weight is 704 g/mol. The van der Waals surface area contributed by atoms with Crippen LogP contribution in [0.5, 0.6) is 17.2 Å². The minimum absolute atomic E-state index is 0.0219. The Balaban J connectivity index is 0.902. The summed E-state index contributed by atoms with van der Waals surface area (Å²) in [6.07, 6.45) is 4.60. The van der Waals surface area contributed by atoms with Crippen molar-refractivity contribution in [3.05, 3.63) is 107 Å². The van der Waals surface area contributed by atoms with Crippen LogP contribution in [0.2, 0.25) is 0 Å². The molecule has 3 heterocycles. The van der Waals surface area contributed by atoms with E-state index in [9.17, 15) is 24.0 Å². The number of anilines is 1. The summed E-state index contributed by atoms with van der Waals surface area (Å²) in [5, 5.41) is 5.64.